The molecule has 4 heterocycles. The van der Waals surface area contributed by atoms with Crippen LogP contribution in [0.5, 0.6) is 17.4 Å². The second-order valence-corrected chi connectivity index (χ2v) is 9.47. The van der Waals surface area contributed by atoms with Crippen molar-refractivity contribution in [3.05, 3.63) is 77.1 Å². The molecule has 4 aromatic heterocycles. The van der Waals surface area contributed by atoms with E-state index in [1.807, 2.05) is 6.92 Å². The zero-order chi connectivity index (χ0) is 29.1. The highest BCUT2D eigenvalue weighted by molar-refractivity contribution is 7.70. The van der Waals surface area contributed by atoms with Gasteiger partial charge in [-0.3, -0.25) is 9.55 Å². The monoisotopic (exact) mass is 599 g/mol. The molecule has 0 fully saturated rings. The fourth-order valence-electron chi connectivity index (χ4n) is 4.20. The summed E-state index contributed by atoms with van der Waals surface area (Å²) in [6.07, 6.45) is 0.959. The van der Waals surface area contributed by atoms with Crippen LogP contribution in [-0.2, 0) is 10.9 Å². The molecule has 0 amide bonds. The van der Waals surface area contributed by atoms with Crippen LogP contribution in [-0.4, -0.2) is 58.7 Å². The number of nitrogens with one attached hydrogen (secondary N) is 1. The molecule has 0 saturated carbocycles. The predicted octanol–water partition coefficient (Wildman–Crippen LogP) is 3.69. The lowest BCUT2D eigenvalue weighted by atomic mass is 10.1. The average Bonchev–Trinajstić information content (AvgIpc) is 3.33. The van der Waals surface area contributed by atoms with Crippen molar-refractivity contribution < 1.29 is 27.0 Å². The molecule has 0 aliphatic heterocycles. The van der Waals surface area contributed by atoms with Crippen LogP contribution in [0.4, 0.5) is 4.39 Å². The van der Waals surface area contributed by atoms with E-state index >= 15 is 0 Å². The fraction of sp³-hybridized carbons (Fsp3) is 0.192. The van der Waals surface area contributed by atoms with Gasteiger partial charge in [-0.1, -0.05) is 23.7 Å². The van der Waals surface area contributed by atoms with Crippen molar-refractivity contribution in [1.29, 1.82) is 0 Å². The molecule has 0 saturated heterocycles. The van der Waals surface area contributed by atoms with Crippen LogP contribution in [0, 0.1) is 5.82 Å². The van der Waals surface area contributed by atoms with Crippen LogP contribution in [0.3, 0.4) is 0 Å². The molecule has 212 valence electrons. The average molecular weight is 600 g/mol. The molecule has 1 atom stereocenters. The highest BCUT2D eigenvalue weighted by atomic mass is 35.5. The van der Waals surface area contributed by atoms with Crippen molar-refractivity contribution >= 4 is 33.8 Å². The van der Waals surface area contributed by atoms with E-state index in [0.29, 0.717) is 41.2 Å². The third-order valence-corrected chi connectivity index (χ3v) is 6.65. The van der Waals surface area contributed by atoms with Gasteiger partial charge in [-0.25, -0.2) is 37.5 Å². The van der Waals surface area contributed by atoms with Crippen molar-refractivity contribution in [3.63, 3.8) is 0 Å². The molecule has 0 aliphatic carbocycles. The van der Waals surface area contributed by atoms with E-state index in [2.05, 4.69) is 24.7 Å². The second kappa shape index (κ2) is 12.0. The molecule has 0 bridgehead atoms. The number of benzene rings is 1. The van der Waals surface area contributed by atoms with Crippen molar-refractivity contribution in [2.75, 3.05) is 20.8 Å². The van der Waals surface area contributed by atoms with Crippen LogP contribution >= 0.6 is 11.6 Å². The summed E-state index contributed by atoms with van der Waals surface area (Å²) in [7, 11) is -0.144. The van der Waals surface area contributed by atoms with Gasteiger partial charge in [0.15, 0.2) is 22.3 Å². The quantitative estimate of drug-likeness (QED) is 0.228. The Morgan fingerprint density at radius 3 is 2.37 bits per heavy atom. The number of pyridine rings is 2. The number of rotatable bonds is 10. The third-order valence-electron chi connectivity index (χ3n) is 5.90. The van der Waals surface area contributed by atoms with E-state index in [1.165, 1.54) is 20.3 Å². The van der Waals surface area contributed by atoms with Crippen LogP contribution in [0.25, 0.3) is 28.5 Å². The molecule has 1 N–H and O–H groups in total. The van der Waals surface area contributed by atoms with Crippen molar-refractivity contribution in [2.45, 2.75) is 13.0 Å². The summed E-state index contributed by atoms with van der Waals surface area (Å²) in [6.45, 7) is 2.25. The standard InChI is InChI=1S/C26H23ClFN7O5S/c1-4-40-19-10-5-7-16(30-19)25-33-24-26(35(25)22-17(38-2)8-6-9-18(22)39-3)31-21(23(27)32-24)20(34-41(36)37)15-12-11-14(28)13-29-15/h5-13,20,41H,4H2,1-3H3,(H,34,36,37). The van der Waals surface area contributed by atoms with Crippen LogP contribution < -0.4 is 18.9 Å². The maximum atomic E-state index is 13.6. The molecule has 1 unspecified atom stereocenters. The van der Waals surface area contributed by atoms with Gasteiger partial charge in [-0.15, -0.1) is 0 Å². The van der Waals surface area contributed by atoms with Crippen molar-refractivity contribution in [3.8, 4) is 34.6 Å². The molecule has 0 radical (unpaired) electrons. The minimum Gasteiger partial charge on any atom is -0.494 e. The van der Waals surface area contributed by atoms with Crippen molar-refractivity contribution in [2.24, 2.45) is 0 Å². The summed E-state index contributed by atoms with van der Waals surface area (Å²) in [4.78, 5) is 22.5. The summed E-state index contributed by atoms with van der Waals surface area (Å²) in [5, 5.41) is -0.141. The maximum Gasteiger partial charge on any atom is 0.213 e. The highest BCUT2D eigenvalue weighted by Crippen LogP contribution is 2.39. The Kier molecular flexibility index (Phi) is 8.23. The number of methoxy groups -OCH3 is 2. The molecular weight excluding hydrogens is 577 g/mol. The molecule has 12 nitrogen and oxygen atoms in total. The molecule has 0 spiro atoms. The SMILES string of the molecule is CCOc1cccc(-c2nc3nc(Cl)c(C(N[SH](=O)=O)c4ccc(F)cn4)nc3n2-c2c(OC)cccc2OC)n1. The van der Waals surface area contributed by atoms with Gasteiger partial charge in [-0.05, 0) is 37.3 Å². The van der Waals surface area contributed by atoms with Gasteiger partial charge in [0.25, 0.3) is 0 Å². The normalized spacial score (nSPS) is 12.0. The molecule has 0 aliphatic rings. The Bertz CT molecular complexity index is 1770. The van der Waals surface area contributed by atoms with Gasteiger partial charge in [0.05, 0.1) is 32.7 Å². The van der Waals surface area contributed by atoms with E-state index in [4.69, 9.17) is 30.8 Å². The Hall–Kier alpha value is -4.40. The molecule has 5 aromatic rings. The van der Waals surface area contributed by atoms with Gasteiger partial charge in [0, 0.05) is 6.07 Å². The first-order chi connectivity index (χ1) is 19.8. The molecule has 1 aromatic carbocycles. The summed E-state index contributed by atoms with van der Waals surface area (Å²) in [5.74, 6) is 0.917. The Labute approximate surface area is 240 Å². The number of fused-ring (bicyclic) bond motifs is 1. The number of hydrogen-bond acceptors (Lipinski definition) is 10. The Balaban J connectivity index is 1.84. The molecular formula is C26H23ClFN7O5S. The molecule has 15 heteroatoms. The lowest BCUT2D eigenvalue weighted by Crippen LogP contribution is -2.24. The predicted molar refractivity (Wildman–Crippen MR) is 149 cm³/mol. The first-order valence-corrected chi connectivity index (χ1v) is 13.7. The lowest BCUT2D eigenvalue weighted by Gasteiger charge is -2.18. The van der Waals surface area contributed by atoms with Crippen LogP contribution in [0.1, 0.15) is 24.4 Å². The number of hydrogen-bond donors (Lipinski definition) is 2. The Morgan fingerprint density at radius 2 is 1.73 bits per heavy atom. The molecule has 41 heavy (non-hydrogen) atoms. The smallest absolute Gasteiger partial charge is 0.213 e. The molecule has 5 rings (SSSR count). The number of imidazole rings is 1. The van der Waals surface area contributed by atoms with E-state index in [-0.39, 0.29) is 27.8 Å². The van der Waals surface area contributed by atoms with E-state index < -0.39 is 22.7 Å². The van der Waals surface area contributed by atoms with E-state index in [9.17, 15) is 12.8 Å². The van der Waals surface area contributed by atoms with Crippen LogP contribution in [0.2, 0.25) is 5.15 Å². The summed E-state index contributed by atoms with van der Waals surface area (Å²) < 4.78 is 58.1. The van der Waals surface area contributed by atoms with E-state index in [1.54, 1.807) is 41.0 Å². The third kappa shape index (κ3) is 5.62. The number of halogens is 2. The number of nitrogens with zero attached hydrogens (tertiary/aromatic N) is 6. The number of thiol groups is 1. The summed E-state index contributed by atoms with van der Waals surface area (Å²) in [5.41, 5.74) is 1.31. The van der Waals surface area contributed by atoms with Gasteiger partial charge in [0.1, 0.15) is 40.4 Å². The maximum absolute atomic E-state index is 13.6. The lowest BCUT2D eigenvalue weighted by molar-refractivity contribution is 0.327. The van der Waals surface area contributed by atoms with Gasteiger partial charge in [0.2, 0.25) is 16.8 Å². The van der Waals surface area contributed by atoms with Gasteiger partial charge >= 0.3 is 0 Å². The minimum absolute atomic E-state index is 0.00932. The summed E-state index contributed by atoms with van der Waals surface area (Å²) >= 11 is 6.55. The topological polar surface area (TPSA) is 143 Å². The number of ether oxygens (including phenoxy) is 3. The zero-order valence-electron chi connectivity index (χ0n) is 21.9. The fourth-order valence-corrected chi connectivity index (χ4v) is 4.90. The summed E-state index contributed by atoms with van der Waals surface area (Å²) in [6, 6.07) is 11.7. The van der Waals surface area contributed by atoms with Gasteiger partial charge < -0.3 is 14.2 Å². The number of aromatic nitrogens is 6. The van der Waals surface area contributed by atoms with Gasteiger partial charge in [-0.2, -0.15) is 0 Å². The second-order valence-electron chi connectivity index (χ2n) is 8.34. The largest absolute Gasteiger partial charge is 0.494 e. The first-order valence-electron chi connectivity index (χ1n) is 12.1. The minimum atomic E-state index is -3.15. The number of para-hydroxylation sites is 1. The van der Waals surface area contributed by atoms with Crippen molar-refractivity contribution in [1.82, 2.24) is 34.2 Å². The Morgan fingerprint density at radius 1 is 1.00 bits per heavy atom. The van der Waals surface area contributed by atoms with Crippen LogP contribution in [0.15, 0.2) is 54.7 Å². The first kappa shape index (κ1) is 28.1. The van der Waals surface area contributed by atoms with E-state index in [0.717, 1.165) is 12.3 Å². The zero-order valence-corrected chi connectivity index (χ0v) is 23.6. The highest BCUT2D eigenvalue weighted by Gasteiger charge is 2.28.